The Kier molecular flexibility index (Phi) is 5.06. The van der Waals surface area contributed by atoms with Gasteiger partial charge in [-0.2, -0.15) is 0 Å². The molecule has 12 rings (SSSR count). The molecule has 0 saturated heterocycles. The molecule has 0 aliphatic carbocycles. The lowest BCUT2D eigenvalue weighted by atomic mass is 9.92. The molecule has 0 nitrogen and oxygen atoms in total. The van der Waals surface area contributed by atoms with Crippen LogP contribution in [-0.4, -0.2) is 0 Å². The molecule has 0 radical (unpaired) electrons. The van der Waals surface area contributed by atoms with Crippen molar-refractivity contribution >= 4 is 118 Å². The predicted octanol–water partition coefficient (Wildman–Crippen LogP) is 14.4. The first-order valence-corrected chi connectivity index (χ1v) is 17.5. The topological polar surface area (TPSA) is 0 Å². The highest BCUT2D eigenvalue weighted by atomic mass is 14.1. The Bertz CT molecular complexity index is 3240. The fraction of sp³-hybridized carbons (Fsp3) is 0. The van der Waals surface area contributed by atoms with Crippen molar-refractivity contribution in [3.05, 3.63) is 170 Å². The third-order valence-corrected chi connectivity index (χ3v) is 11.3. The molecule has 0 heteroatoms. The fourth-order valence-electron chi connectivity index (χ4n) is 8.76. The molecule has 0 bridgehead atoms. The van der Waals surface area contributed by atoms with E-state index in [1.165, 1.54) is 118 Å². The maximum Gasteiger partial charge on any atom is -0.00987 e. The van der Waals surface area contributed by atoms with E-state index in [9.17, 15) is 0 Å². The summed E-state index contributed by atoms with van der Waals surface area (Å²) in [6.07, 6.45) is 0. The number of hydrogen-bond acceptors (Lipinski definition) is 0. The van der Waals surface area contributed by atoms with Crippen LogP contribution in [0.4, 0.5) is 0 Å². The summed E-state index contributed by atoms with van der Waals surface area (Å²) in [4.78, 5) is 0. The third kappa shape index (κ3) is 3.82. The molecule has 0 spiro atoms. The Balaban J connectivity index is 1.05. The molecule has 0 saturated carbocycles. The second kappa shape index (κ2) is 9.56. The van der Waals surface area contributed by atoms with E-state index in [0.29, 0.717) is 0 Å². The van der Waals surface area contributed by atoms with Crippen molar-refractivity contribution in [2.75, 3.05) is 0 Å². The molecule has 0 aliphatic rings. The van der Waals surface area contributed by atoms with Gasteiger partial charge in [0.25, 0.3) is 0 Å². The summed E-state index contributed by atoms with van der Waals surface area (Å²) in [5, 5.41) is 28.3. The van der Waals surface area contributed by atoms with E-state index >= 15 is 0 Å². The Morgan fingerprint density at radius 3 is 0.640 bits per heavy atom. The molecule has 0 aliphatic heterocycles. The SMILES string of the molecule is c1ccc2cc3cc4cc5cc6c(ccc7c8cc9cc%10cc%11cc%12ccccc%12cc%11cc%10cc9cc8ccc67)cc5cc4cc3cc2c1. The lowest BCUT2D eigenvalue weighted by Crippen LogP contribution is -1.85. The van der Waals surface area contributed by atoms with Crippen LogP contribution in [0.25, 0.3) is 118 Å². The van der Waals surface area contributed by atoms with Gasteiger partial charge in [0.2, 0.25) is 0 Å². The molecular weight excluding hydrogens is 601 g/mol. The number of benzene rings is 12. The van der Waals surface area contributed by atoms with Gasteiger partial charge >= 0.3 is 0 Å². The van der Waals surface area contributed by atoms with Gasteiger partial charge < -0.3 is 0 Å². The monoisotopic (exact) mass is 628 g/mol. The molecule has 0 amide bonds. The van der Waals surface area contributed by atoms with Gasteiger partial charge in [-0.25, -0.2) is 0 Å². The van der Waals surface area contributed by atoms with E-state index in [4.69, 9.17) is 0 Å². The van der Waals surface area contributed by atoms with Gasteiger partial charge in [-0.1, -0.05) is 72.8 Å². The quantitative estimate of drug-likeness (QED) is 0.116. The molecule has 12 aromatic rings. The highest BCUT2D eigenvalue weighted by molar-refractivity contribution is 6.22. The molecule has 228 valence electrons. The summed E-state index contributed by atoms with van der Waals surface area (Å²) in [5.74, 6) is 0. The Hall–Kier alpha value is -6.50. The van der Waals surface area contributed by atoms with Gasteiger partial charge in [0.15, 0.2) is 0 Å². The zero-order valence-corrected chi connectivity index (χ0v) is 27.2. The standard InChI is InChI=1S/C50H28/c1-3-7-31-15-37-21-43-25-45-27-49-33(17-39(45)23-41(43)19-35(37)13-29(31)5-1)9-11-48-47(49)12-10-34-18-40-24-42-20-36-14-30-6-2-4-8-32(30)16-38(36)22-44(42)26-46(40)28-50(34)48/h1-28H. The van der Waals surface area contributed by atoms with E-state index in [1.807, 2.05) is 0 Å². The second-order valence-corrected chi connectivity index (χ2v) is 14.3. The first-order chi connectivity index (χ1) is 24.7. The molecule has 0 heterocycles. The van der Waals surface area contributed by atoms with Crippen LogP contribution in [0.1, 0.15) is 0 Å². The van der Waals surface area contributed by atoms with Crippen LogP contribution in [-0.2, 0) is 0 Å². The van der Waals surface area contributed by atoms with Crippen LogP contribution in [0.3, 0.4) is 0 Å². The molecule has 0 unspecified atom stereocenters. The molecule has 0 N–H and O–H groups in total. The van der Waals surface area contributed by atoms with Crippen LogP contribution >= 0.6 is 0 Å². The van der Waals surface area contributed by atoms with Crippen LogP contribution in [0.2, 0.25) is 0 Å². The Labute approximate surface area is 287 Å². The first-order valence-electron chi connectivity index (χ1n) is 17.5. The van der Waals surface area contributed by atoms with Crippen LogP contribution in [0.5, 0.6) is 0 Å². The number of hydrogen-bond donors (Lipinski definition) is 0. The van der Waals surface area contributed by atoms with Crippen LogP contribution in [0, 0.1) is 0 Å². The average Bonchev–Trinajstić information content (AvgIpc) is 3.14. The van der Waals surface area contributed by atoms with Crippen molar-refractivity contribution < 1.29 is 0 Å². The van der Waals surface area contributed by atoms with E-state index < -0.39 is 0 Å². The van der Waals surface area contributed by atoms with Gasteiger partial charge in [0.05, 0.1) is 0 Å². The first kappa shape index (κ1) is 26.5. The largest absolute Gasteiger partial charge is 0.0616 e. The maximum absolute atomic E-state index is 2.41. The molecule has 50 heavy (non-hydrogen) atoms. The van der Waals surface area contributed by atoms with Crippen molar-refractivity contribution in [3.63, 3.8) is 0 Å². The van der Waals surface area contributed by atoms with Crippen molar-refractivity contribution in [1.82, 2.24) is 0 Å². The fourth-order valence-corrected chi connectivity index (χ4v) is 8.76. The second-order valence-electron chi connectivity index (χ2n) is 14.3. The highest BCUT2D eigenvalue weighted by Gasteiger charge is 2.11. The Morgan fingerprint density at radius 2 is 0.360 bits per heavy atom. The van der Waals surface area contributed by atoms with Gasteiger partial charge in [0.1, 0.15) is 0 Å². The van der Waals surface area contributed by atoms with Crippen molar-refractivity contribution in [1.29, 1.82) is 0 Å². The predicted molar refractivity (Wildman–Crippen MR) is 219 cm³/mol. The van der Waals surface area contributed by atoms with Gasteiger partial charge in [-0.05, 0) is 216 Å². The smallest absolute Gasteiger partial charge is 0.00987 e. The Morgan fingerprint density at radius 1 is 0.140 bits per heavy atom. The minimum Gasteiger partial charge on any atom is -0.0616 e. The van der Waals surface area contributed by atoms with Crippen LogP contribution in [0.15, 0.2) is 170 Å². The molecular formula is C50H28. The lowest BCUT2D eigenvalue weighted by Gasteiger charge is -2.12. The number of fused-ring (bicyclic) bond motifs is 13. The summed E-state index contributed by atoms with van der Waals surface area (Å²) >= 11 is 0. The third-order valence-electron chi connectivity index (χ3n) is 11.3. The molecule has 0 aromatic heterocycles. The van der Waals surface area contributed by atoms with E-state index in [-0.39, 0.29) is 0 Å². The van der Waals surface area contributed by atoms with Crippen LogP contribution < -0.4 is 0 Å². The van der Waals surface area contributed by atoms with Gasteiger partial charge in [-0.15, -0.1) is 0 Å². The zero-order valence-electron chi connectivity index (χ0n) is 27.2. The van der Waals surface area contributed by atoms with E-state index in [1.54, 1.807) is 0 Å². The lowest BCUT2D eigenvalue weighted by molar-refractivity contribution is 1.79. The molecule has 0 atom stereocenters. The van der Waals surface area contributed by atoms with Crippen molar-refractivity contribution in [3.8, 4) is 0 Å². The summed E-state index contributed by atoms with van der Waals surface area (Å²) in [7, 11) is 0. The summed E-state index contributed by atoms with van der Waals surface area (Å²) < 4.78 is 0. The zero-order chi connectivity index (χ0) is 32.5. The van der Waals surface area contributed by atoms with E-state index in [0.717, 1.165) is 0 Å². The highest BCUT2D eigenvalue weighted by Crippen LogP contribution is 2.38. The average molecular weight is 629 g/mol. The molecule has 12 aromatic carbocycles. The van der Waals surface area contributed by atoms with Crippen molar-refractivity contribution in [2.24, 2.45) is 0 Å². The maximum atomic E-state index is 2.41. The summed E-state index contributed by atoms with van der Waals surface area (Å²) in [6.45, 7) is 0. The number of rotatable bonds is 0. The van der Waals surface area contributed by atoms with Gasteiger partial charge in [-0.3, -0.25) is 0 Å². The molecule has 0 fully saturated rings. The summed E-state index contributed by atoms with van der Waals surface area (Å²) in [6, 6.07) is 64.3. The summed E-state index contributed by atoms with van der Waals surface area (Å²) in [5.41, 5.74) is 0. The van der Waals surface area contributed by atoms with Gasteiger partial charge in [0, 0.05) is 0 Å². The minimum absolute atomic E-state index is 1.28. The van der Waals surface area contributed by atoms with Crippen molar-refractivity contribution in [2.45, 2.75) is 0 Å². The van der Waals surface area contributed by atoms with E-state index in [2.05, 4.69) is 170 Å². The normalized spacial score (nSPS) is 12.4. The minimum atomic E-state index is 1.28.